The molecule has 0 amide bonds. The number of hydrogen-bond donors (Lipinski definition) is 0. The van der Waals surface area contributed by atoms with Gasteiger partial charge in [0.25, 0.3) is 0 Å². The second-order valence-electron chi connectivity index (χ2n) is 19.6. The summed E-state index contributed by atoms with van der Waals surface area (Å²) < 4.78 is 11.5. The molecule has 0 aliphatic heterocycles. The first-order chi connectivity index (χ1) is 35.7. The molecule has 0 spiro atoms. The Labute approximate surface area is 418 Å². The Kier molecular flexibility index (Phi) is 9.11. The normalized spacial score (nSPS) is 12.4. The van der Waals surface area contributed by atoms with Gasteiger partial charge in [-0.05, 0) is 122 Å². The zero-order chi connectivity index (χ0) is 47.3. The average Bonchev–Trinajstić information content (AvgIpc) is 4.20. The molecule has 3 aromatic heterocycles. The Balaban J connectivity index is 0.928. The van der Waals surface area contributed by atoms with E-state index in [4.69, 9.17) is 4.42 Å². The van der Waals surface area contributed by atoms with Crippen molar-refractivity contribution in [3.8, 4) is 33.6 Å². The Morgan fingerprint density at radius 1 is 0.375 bits per heavy atom. The van der Waals surface area contributed by atoms with Gasteiger partial charge in [0, 0.05) is 43.6 Å². The molecule has 11 aromatic carbocycles. The SMILES string of the molecule is c1ccc(-c2ccc3c(c2)-c2c(cccc2-n2c4ccccc4c4cc(-n5c6ccccc6c6c(C[Si](c7ccccc7)(c7ccccc7)c7ccc8oc9ccccc9c8c7)cccc65)ccc42)C3)cc1. The lowest BCUT2D eigenvalue weighted by atomic mass is 9.97. The van der Waals surface area contributed by atoms with Crippen LogP contribution in [0.15, 0.2) is 259 Å². The summed E-state index contributed by atoms with van der Waals surface area (Å²) in [7, 11) is -2.82. The summed E-state index contributed by atoms with van der Waals surface area (Å²) in [4.78, 5) is 0. The molecule has 1 aliphatic rings. The molecule has 0 atom stereocenters. The van der Waals surface area contributed by atoms with Gasteiger partial charge >= 0.3 is 0 Å². The van der Waals surface area contributed by atoms with Crippen molar-refractivity contribution in [2.24, 2.45) is 0 Å². The van der Waals surface area contributed by atoms with E-state index < -0.39 is 8.07 Å². The first-order valence-electron chi connectivity index (χ1n) is 25.1. The van der Waals surface area contributed by atoms with Crippen molar-refractivity contribution in [2.45, 2.75) is 12.5 Å². The number of furan rings is 1. The van der Waals surface area contributed by atoms with Crippen molar-refractivity contribution >= 4 is 89.2 Å². The van der Waals surface area contributed by atoms with Crippen LogP contribution in [0.2, 0.25) is 0 Å². The minimum absolute atomic E-state index is 0.873. The fraction of sp³-hybridized carbons (Fsp3) is 0.0294. The Bertz CT molecular complexity index is 4410. The van der Waals surface area contributed by atoms with E-state index in [1.165, 1.54) is 104 Å². The second-order valence-corrected chi connectivity index (χ2v) is 23.5. The standard InChI is InChI=1S/C68H46N2OSi/c1-4-18-45(19-5-1)46-34-35-47-40-48-20-16-32-64(67(48)57(47)41-46)70-60-29-13-10-26-54(60)58-42-50(36-38-62(58)70)69-61-30-14-11-28-56(61)68-49(21-17-31-63(68)69)44-72(51-22-6-2-7-23-51,52-24-8-3-9-25-52)53-37-39-66-59(43-53)55-27-12-15-33-65(55)71-66/h1-39,41-43H,40,44H2. The summed E-state index contributed by atoms with van der Waals surface area (Å²) in [5, 5.41) is 11.5. The minimum Gasteiger partial charge on any atom is -0.456 e. The number of benzene rings is 11. The third-order valence-electron chi connectivity index (χ3n) is 15.8. The first kappa shape index (κ1) is 40.9. The van der Waals surface area contributed by atoms with E-state index in [-0.39, 0.29) is 0 Å². The first-order valence-corrected chi connectivity index (χ1v) is 27.3. The predicted octanol–water partition coefficient (Wildman–Crippen LogP) is 15.3. The third-order valence-corrected chi connectivity index (χ3v) is 20.6. The lowest BCUT2D eigenvalue weighted by Gasteiger charge is -2.34. The van der Waals surface area contributed by atoms with Crippen LogP contribution in [0.5, 0.6) is 0 Å². The van der Waals surface area contributed by atoms with Crippen LogP contribution in [-0.4, -0.2) is 17.2 Å². The van der Waals surface area contributed by atoms with E-state index in [9.17, 15) is 0 Å². The zero-order valence-electron chi connectivity index (χ0n) is 39.5. The molecule has 15 rings (SSSR count). The van der Waals surface area contributed by atoms with E-state index in [2.05, 4.69) is 264 Å². The third kappa shape index (κ3) is 6.09. The van der Waals surface area contributed by atoms with Gasteiger partial charge in [-0.15, -0.1) is 0 Å². The van der Waals surface area contributed by atoms with Gasteiger partial charge in [0.05, 0.1) is 27.8 Å². The summed E-state index contributed by atoms with van der Waals surface area (Å²) in [5.41, 5.74) is 18.3. The van der Waals surface area contributed by atoms with Gasteiger partial charge < -0.3 is 13.6 Å². The van der Waals surface area contributed by atoms with Crippen LogP contribution in [0.25, 0.3) is 99.2 Å². The van der Waals surface area contributed by atoms with Crippen LogP contribution in [0, 0.1) is 0 Å². The number of para-hydroxylation sites is 3. The second kappa shape index (κ2) is 16.0. The number of rotatable bonds is 8. The highest BCUT2D eigenvalue weighted by atomic mass is 28.3. The molecule has 1 aliphatic carbocycles. The maximum atomic E-state index is 6.43. The van der Waals surface area contributed by atoms with Gasteiger partial charge in [-0.2, -0.15) is 0 Å². The van der Waals surface area contributed by atoms with Crippen LogP contribution >= 0.6 is 0 Å². The molecule has 0 unspecified atom stereocenters. The Hall–Kier alpha value is -8.96. The molecule has 72 heavy (non-hydrogen) atoms. The largest absolute Gasteiger partial charge is 0.456 e. The van der Waals surface area contributed by atoms with E-state index >= 15 is 0 Å². The Morgan fingerprint density at radius 2 is 1.01 bits per heavy atom. The van der Waals surface area contributed by atoms with Gasteiger partial charge in [-0.25, -0.2) is 0 Å². The molecule has 3 nitrogen and oxygen atoms in total. The molecule has 0 radical (unpaired) electrons. The van der Waals surface area contributed by atoms with Gasteiger partial charge in [0.1, 0.15) is 11.2 Å². The van der Waals surface area contributed by atoms with Gasteiger partial charge in [0.2, 0.25) is 0 Å². The van der Waals surface area contributed by atoms with Crippen LogP contribution in [0.1, 0.15) is 16.7 Å². The zero-order valence-corrected chi connectivity index (χ0v) is 40.5. The predicted molar refractivity (Wildman–Crippen MR) is 304 cm³/mol. The Morgan fingerprint density at radius 3 is 1.81 bits per heavy atom. The summed E-state index contributed by atoms with van der Waals surface area (Å²) in [6.45, 7) is 0. The van der Waals surface area contributed by atoms with Crippen molar-refractivity contribution in [3.05, 3.63) is 271 Å². The molecular weight excluding hydrogens is 889 g/mol. The molecule has 0 N–H and O–H groups in total. The molecule has 4 heteroatoms. The molecule has 0 saturated heterocycles. The molecular formula is C68H46N2OSi. The summed E-state index contributed by atoms with van der Waals surface area (Å²) in [6.07, 6.45) is 0.932. The van der Waals surface area contributed by atoms with Crippen LogP contribution in [0.4, 0.5) is 0 Å². The summed E-state index contributed by atoms with van der Waals surface area (Å²) in [5.74, 6) is 0. The number of fused-ring (bicyclic) bond motifs is 12. The maximum absolute atomic E-state index is 6.43. The molecule has 3 heterocycles. The molecule has 0 saturated carbocycles. The van der Waals surface area contributed by atoms with Crippen LogP contribution in [-0.2, 0) is 12.5 Å². The molecule has 14 aromatic rings. The van der Waals surface area contributed by atoms with Crippen molar-refractivity contribution < 1.29 is 4.42 Å². The highest BCUT2D eigenvalue weighted by molar-refractivity contribution is 7.11. The van der Waals surface area contributed by atoms with Gasteiger partial charge in [-0.1, -0.05) is 194 Å². The number of hydrogen-bond acceptors (Lipinski definition) is 1. The monoisotopic (exact) mass is 934 g/mol. The maximum Gasteiger partial charge on any atom is 0.152 e. The smallest absolute Gasteiger partial charge is 0.152 e. The fourth-order valence-electron chi connectivity index (χ4n) is 12.6. The topological polar surface area (TPSA) is 23.0 Å². The lowest BCUT2D eigenvalue weighted by Crippen LogP contribution is -2.68. The van der Waals surface area contributed by atoms with Crippen LogP contribution in [0.3, 0.4) is 0 Å². The van der Waals surface area contributed by atoms with Crippen LogP contribution < -0.4 is 15.6 Å². The summed E-state index contributed by atoms with van der Waals surface area (Å²) >= 11 is 0. The molecule has 338 valence electrons. The lowest BCUT2D eigenvalue weighted by molar-refractivity contribution is 0.669. The highest BCUT2D eigenvalue weighted by Crippen LogP contribution is 2.46. The molecule has 0 fully saturated rings. The van der Waals surface area contributed by atoms with Gasteiger partial charge in [0.15, 0.2) is 8.07 Å². The van der Waals surface area contributed by atoms with E-state index in [1.54, 1.807) is 0 Å². The summed E-state index contributed by atoms with van der Waals surface area (Å²) in [6, 6.07) is 95.8. The van der Waals surface area contributed by atoms with Crippen molar-refractivity contribution in [1.82, 2.24) is 9.13 Å². The molecule has 0 bridgehead atoms. The van der Waals surface area contributed by atoms with E-state index in [0.717, 1.165) is 40.1 Å². The van der Waals surface area contributed by atoms with Crippen molar-refractivity contribution in [2.75, 3.05) is 0 Å². The van der Waals surface area contributed by atoms with E-state index in [1.807, 2.05) is 0 Å². The highest BCUT2D eigenvalue weighted by Gasteiger charge is 2.41. The van der Waals surface area contributed by atoms with E-state index in [0.29, 0.717) is 0 Å². The van der Waals surface area contributed by atoms with Gasteiger partial charge in [-0.3, -0.25) is 0 Å². The quantitative estimate of drug-likeness (QED) is 0.110. The fourth-order valence-corrected chi connectivity index (χ4v) is 17.4. The number of aromatic nitrogens is 2. The number of nitrogens with zero attached hydrogens (tertiary/aromatic N) is 2. The van der Waals surface area contributed by atoms with Crippen molar-refractivity contribution in [1.29, 1.82) is 0 Å². The van der Waals surface area contributed by atoms with Crippen molar-refractivity contribution in [3.63, 3.8) is 0 Å². The average molecular weight is 935 g/mol. The minimum atomic E-state index is -2.82.